The fraction of sp³-hybridized carbons (Fsp3) is 0.588. The van der Waals surface area contributed by atoms with E-state index in [-0.39, 0.29) is 11.4 Å². The highest BCUT2D eigenvalue weighted by Gasteiger charge is 2.35. The average molecular weight is 338 g/mol. The van der Waals surface area contributed by atoms with E-state index in [0.29, 0.717) is 5.92 Å². The van der Waals surface area contributed by atoms with Crippen molar-refractivity contribution >= 4 is 21.8 Å². The van der Waals surface area contributed by atoms with Gasteiger partial charge in [-0.2, -0.15) is 0 Å². The van der Waals surface area contributed by atoms with E-state index in [4.69, 9.17) is 0 Å². The van der Waals surface area contributed by atoms with E-state index in [1.54, 1.807) is 0 Å². The SMILES string of the molecule is CCc1ccc(C(=O)NC2(CBr)CCCC(C)C2)cc1. The Labute approximate surface area is 130 Å². The molecule has 1 saturated carbocycles. The lowest BCUT2D eigenvalue weighted by Crippen LogP contribution is -2.52. The van der Waals surface area contributed by atoms with Crippen LogP contribution in [0.2, 0.25) is 0 Å². The van der Waals surface area contributed by atoms with Gasteiger partial charge in [-0.15, -0.1) is 0 Å². The first-order valence-corrected chi connectivity index (χ1v) is 8.68. The van der Waals surface area contributed by atoms with Crippen LogP contribution >= 0.6 is 15.9 Å². The molecule has 1 N–H and O–H groups in total. The maximum absolute atomic E-state index is 12.5. The van der Waals surface area contributed by atoms with Crippen molar-refractivity contribution in [3.8, 4) is 0 Å². The van der Waals surface area contributed by atoms with Crippen LogP contribution in [0.4, 0.5) is 0 Å². The molecule has 0 heterocycles. The number of aryl methyl sites for hydroxylation is 1. The molecule has 0 aliphatic heterocycles. The minimum atomic E-state index is -0.0713. The third kappa shape index (κ3) is 3.63. The zero-order valence-corrected chi connectivity index (χ0v) is 14.0. The summed E-state index contributed by atoms with van der Waals surface area (Å²) in [4.78, 5) is 12.5. The molecule has 1 fully saturated rings. The molecule has 1 aliphatic rings. The Morgan fingerprint density at radius 2 is 2.10 bits per heavy atom. The van der Waals surface area contributed by atoms with Crippen molar-refractivity contribution in [3.63, 3.8) is 0 Å². The maximum atomic E-state index is 12.5. The standard InChI is InChI=1S/C17H24BrNO/c1-3-14-6-8-15(9-7-14)16(20)19-17(12-18)10-4-5-13(2)11-17/h6-9,13H,3-5,10-12H2,1-2H3,(H,19,20). The Bertz CT molecular complexity index is 457. The van der Waals surface area contributed by atoms with Crippen LogP contribution in [0.15, 0.2) is 24.3 Å². The largest absolute Gasteiger partial charge is 0.346 e. The molecule has 2 atom stereocenters. The number of rotatable bonds is 4. The van der Waals surface area contributed by atoms with E-state index >= 15 is 0 Å². The Morgan fingerprint density at radius 1 is 1.40 bits per heavy atom. The molecule has 0 spiro atoms. The van der Waals surface area contributed by atoms with Crippen molar-refractivity contribution in [2.75, 3.05) is 5.33 Å². The van der Waals surface area contributed by atoms with Crippen LogP contribution in [0.5, 0.6) is 0 Å². The third-order valence-electron chi connectivity index (χ3n) is 4.35. The van der Waals surface area contributed by atoms with E-state index in [1.165, 1.54) is 18.4 Å². The first-order chi connectivity index (χ1) is 9.58. The Balaban J connectivity index is 2.08. The van der Waals surface area contributed by atoms with Gasteiger partial charge in [0.05, 0.1) is 5.54 Å². The molecule has 20 heavy (non-hydrogen) atoms. The summed E-state index contributed by atoms with van der Waals surface area (Å²) in [5.41, 5.74) is 1.96. The zero-order chi connectivity index (χ0) is 14.6. The number of alkyl halides is 1. The van der Waals surface area contributed by atoms with Gasteiger partial charge in [-0.1, -0.05) is 54.8 Å². The zero-order valence-electron chi connectivity index (χ0n) is 12.4. The van der Waals surface area contributed by atoms with Crippen LogP contribution in [0, 0.1) is 5.92 Å². The van der Waals surface area contributed by atoms with Crippen LogP contribution in [0.1, 0.15) is 55.5 Å². The highest BCUT2D eigenvalue weighted by atomic mass is 79.9. The van der Waals surface area contributed by atoms with E-state index in [2.05, 4.69) is 35.1 Å². The van der Waals surface area contributed by atoms with Gasteiger partial charge in [0, 0.05) is 10.9 Å². The topological polar surface area (TPSA) is 29.1 Å². The molecule has 0 bridgehead atoms. The fourth-order valence-corrected chi connectivity index (χ4v) is 3.78. The quantitative estimate of drug-likeness (QED) is 0.814. The molecular formula is C17H24BrNO. The first-order valence-electron chi connectivity index (χ1n) is 7.56. The van der Waals surface area contributed by atoms with E-state index in [1.807, 2.05) is 24.3 Å². The number of benzene rings is 1. The van der Waals surface area contributed by atoms with Crippen molar-refractivity contribution in [1.29, 1.82) is 0 Å². The van der Waals surface area contributed by atoms with E-state index < -0.39 is 0 Å². The van der Waals surface area contributed by atoms with Crippen LogP contribution < -0.4 is 5.32 Å². The van der Waals surface area contributed by atoms with Crippen LogP contribution in [-0.4, -0.2) is 16.8 Å². The summed E-state index contributed by atoms with van der Waals surface area (Å²) >= 11 is 3.60. The molecule has 2 rings (SSSR count). The van der Waals surface area contributed by atoms with Crippen LogP contribution in [0.3, 0.4) is 0 Å². The molecular weight excluding hydrogens is 314 g/mol. The summed E-state index contributed by atoms with van der Waals surface area (Å²) < 4.78 is 0. The van der Waals surface area contributed by atoms with Gasteiger partial charge in [0.25, 0.3) is 5.91 Å². The van der Waals surface area contributed by atoms with Gasteiger partial charge in [0.15, 0.2) is 0 Å². The van der Waals surface area contributed by atoms with Crippen molar-refractivity contribution in [2.24, 2.45) is 5.92 Å². The van der Waals surface area contributed by atoms with Gasteiger partial charge < -0.3 is 5.32 Å². The number of hydrogen-bond donors (Lipinski definition) is 1. The van der Waals surface area contributed by atoms with Crippen LogP contribution in [0.25, 0.3) is 0 Å². The first kappa shape index (κ1) is 15.6. The average Bonchev–Trinajstić information content (AvgIpc) is 2.47. The molecule has 110 valence electrons. The van der Waals surface area contributed by atoms with E-state index in [9.17, 15) is 4.79 Å². The summed E-state index contributed by atoms with van der Waals surface area (Å²) in [6, 6.07) is 7.95. The lowest BCUT2D eigenvalue weighted by Gasteiger charge is -2.39. The highest BCUT2D eigenvalue weighted by Crippen LogP contribution is 2.33. The Morgan fingerprint density at radius 3 is 2.65 bits per heavy atom. The normalized spacial score (nSPS) is 26.2. The van der Waals surface area contributed by atoms with Gasteiger partial charge in [-0.25, -0.2) is 0 Å². The molecule has 1 amide bonds. The monoisotopic (exact) mass is 337 g/mol. The summed E-state index contributed by atoms with van der Waals surface area (Å²) in [5, 5.41) is 4.12. The van der Waals surface area contributed by atoms with Crippen molar-refractivity contribution in [3.05, 3.63) is 35.4 Å². The summed E-state index contributed by atoms with van der Waals surface area (Å²) in [7, 11) is 0. The number of carbonyl (C=O) groups is 1. The number of carbonyl (C=O) groups excluding carboxylic acids is 1. The predicted octanol–water partition coefficient (Wildman–Crippen LogP) is 4.32. The van der Waals surface area contributed by atoms with Crippen molar-refractivity contribution in [1.82, 2.24) is 5.32 Å². The minimum Gasteiger partial charge on any atom is -0.346 e. The molecule has 0 radical (unpaired) electrons. The summed E-state index contributed by atoms with van der Waals surface area (Å²) in [6.45, 7) is 4.40. The van der Waals surface area contributed by atoms with E-state index in [0.717, 1.165) is 30.2 Å². The second kappa shape index (κ2) is 6.75. The highest BCUT2D eigenvalue weighted by molar-refractivity contribution is 9.09. The maximum Gasteiger partial charge on any atom is 0.251 e. The third-order valence-corrected chi connectivity index (χ3v) is 5.42. The molecule has 0 aromatic heterocycles. The van der Waals surface area contributed by atoms with Gasteiger partial charge in [-0.05, 0) is 42.9 Å². The van der Waals surface area contributed by atoms with Crippen molar-refractivity contribution in [2.45, 2.75) is 51.5 Å². The van der Waals surface area contributed by atoms with Gasteiger partial charge in [0.1, 0.15) is 0 Å². The summed E-state index contributed by atoms with van der Waals surface area (Å²) in [6.07, 6.45) is 5.61. The lowest BCUT2D eigenvalue weighted by atomic mass is 9.77. The Hall–Kier alpha value is -0.830. The minimum absolute atomic E-state index is 0.0567. The molecule has 1 aromatic rings. The number of hydrogen-bond acceptors (Lipinski definition) is 1. The molecule has 2 nitrogen and oxygen atoms in total. The molecule has 1 aromatic carbocycles. The second-order valence-corrected chi connectivity index (χ2v) is 6.68. The summed E-state index contributed by atoms with van der Waals surface area (Å²) in [5.74, 6) is 0.741. The van der Waals surface area contributed by atoms with Crippen LogP contribution in [-0.2, 0) is 6.42 Å². The van der Waals surface area contributed by atoms with Crippen molar-refractivity contribution < 1.29 is 4.79 Å². The number of amides is 1. The van der Waals surface area contributed by atoms with Gasteiger partial charge >= 0.3 is 0 Å². The second-order valence-electron chi connectivity index (χ2n) is 6.12. The van der Waals surface area contributed by atoms with Gasteiger partial charge in [0.2, 0.25) is 0 Å². The molecule has 0 saturated heterocycles. The lowest BCUT2D eigenvalue weighted by molar-refractivity contribution is 0.0869. The molecule has 3 heteroatoms. The Kier molecular flexibility index (Phi) is 5.25. The fourth-order valence-electron chi connectivity index (χ4n) is 3.13. The van der Waals surface area contributed by atoms with Gasteiger partial charge in [-0.3, -0.25) is 4.79 Å². The molecule has 1 aliphatic carbocycles. The molecule has 2 unspecified atom stereocenters. The number of halogens is 1. The smallest absolute Gasteiger partial charge is 0.251 e. The predicted molar refractivity (Wildman–Crippen MR) is 87.4 cm³/mol. The number of nitrogens with one attached hydrogen (secondary N) is 1.